The molecule has 1 aromatic heterocycles. The molecule has 0 unspecified atom stereocenters. The average molecular weight is 318 g/mol. The molecule has 0 spiro atoms. The van der Waals surface area contributed by atoms with Gasteiger partial charge in [-0.05, 0) is 29.8 Å². The molecule has 0 fully saturated rings. The van der Waals surface area contributed by atoms with Gasteiger partial charge >= 0.3 is 11.9 Å². The zero-order valence-electron chi connectivity index (χ0n) is 11.9. The number of carbonyl (C=O) groups excluding carboxylic acids is 3. The fourth-order valence-electron chi connectivity index (χ4n) is 1.61. The van der Waals surface area contributed by atoms with Crippen LogP contribution in [0.3, 0.4) is 0 Å². The lowest BCUT2D eigenvalue weighted by Crippen LogP contribution is -2.43. The van der Waals surface area contributed by atoms with Crippen LogP contribution in [0.4, 0.5) is 0 Å². The Balaban J connectivity index is 1.68. The molecule has 8 nitrogen and oxygen atoms in total. The second-order valence-electron chi connectivity index (χ2n) is 4.48. The predicted octanol–water partition coefficient (Wildman–Crippen LogP) is 0.532. The van der Waals surface area contributed by atoms with Crippen molar-refractivity contribution < 1.29 is 28.6 Å². The number of esters is 1. The van der Waals surface area contributed by atoms with E-state index in [0.29, 0.717) is 5.56 Å². The van der Waals surface area contributed by atoms with Crippen LogP contribution in [0.25, 0.3) is 0 Å². The molecule has 3 N–H and O–H groups in total. The molecule has 0 aliphatic heterocycles. The van der Waals surface area contributed by atoms with Crippen LogP contribution in [0.1, 0.15) is 16.1 Å². The summed E-state index contributed by atoms with van der Waals surface area (Å²) < 4.78 is 9.61. The van der Waals surface area contributed by atoms with Gasteiger partial charge in [0.25, 0.3) is 5.91 Å². The van der Waals surface area contributed by atoms with E-state index in [-0.39, 0.29) is 17.9 Å². The average Bonchev–Trinajstić information content (AvgIpc) is 3.07. The van der Waals surface area contributed by atoms with Crippen molar-refractivity contribution in [2.45, 2.75) is 6.42 Å². The van der Waals surface area contributed by atoms with Crippen LogP contribution >= 0.6 is 0 Å². The Bertz CT molecular complexity index is 679. The summed E-state index contributed by atoms with van der Waals surface area (Å²) in [4.78, 5) is 34.5. The van der Waals surface area contributed by atoms with E-state index < -0.39 is 24.4 Å². The Labute approximate surface area is 131 Å². The van der Waals surface area contributed by atoms with Crippen molar-refractivity contribution >= 4 is 17.8 Å². The molecule has 2 rings (SSSR count). The highest BCUT2D eigenvalue weighted by atomic mass is 16.5. The minimum Gasteiger partial charge on any atom is -0.508 e. The molecule has 0 radical (unpaired) electrons. The van der Waals surface area contributed by atoms with Crippen LogP contribution in [0.2, 0.25) is 0 Å². The highest BCUT2D eigenvalue weighted by molar-refractivity contribution is 5.93. The lowest BCUT2D eigenvalue weighted by atomic mass is 10.1. The Morgan fingerprint density at radius 3 is 2.48 bits per heavy atom. The normalized spacial score (nSPS) is 9.91. The number of hydrogen-bond donors (Lipinski definition) is 3. The fraction of sp³-hybridized carbons (Fsp3) is 0.133. The molecule has 2 aromatic rings. The third-order valence-electron chi connectivity index (χ3n) is 2.71. The summed E-state index contributed by atoms with van der Waals surface area (Å²) in [6, 6.07) is 8.99. The Hall–Kier alpha value is -3.29. The number of aromatic hydroxyl groups is 1. The van der Waals surface area contributed by atoms with Crippen molar-refractivity contribution in [3.05, 3.63) is 54.0 Å². The van der Waals surface area contributed by atoms with Gasteiger partial charge in [-0.15, -0.1) is 0 Å². The molecule has 0 atom stereocenters. The van der Waals surface area contributed by atoms with Crippen LogP contribution in [-0.2, 0) is 20.7 Å². The van der Waals surface area contributed by atoms with Crippen LogP contribution < -0.4 is 10.9 Å². The SMILES string of the molecule is O=C(COC(=O)Cc1ccc(O)cc1)NNC(=O)c1ccco1. The van der Waals surface area contributed by atoms with Gasteiger partial charge in [0.1, 0.15) is 5.75 Å². The lowest BCUT2D eigenvalue weighted by molar-refractivity contribution is -0.148. The number of hydrogen-bond acceptors (Lipinski definition) is 6. The van der Waals surface area contributed by atoms with Crippen LogP contribution in [0.15, 0.2) is 47.1 Å². The molecule has 0 bridgehead atoms. The minimum atomic E-state index is -0.691. The molecule has 2 amide bonds. The van der Waals surface area contributed by atoms with Crippen molar-refractivity contribution in [2.24, 2.45) is 0 Å². The molecule has 0 saturated carbocycles. The first-order valence-corrected chi connectivity index (χ1v) is 6.61. The van der Waals surface area contributed by atoms with Gasteiger partial charge in [-0.2, -0.15) is 0 Å². The maximum atomic E-state index is 11.6. The largest absolute Gasteiger partial charge is 0.508 e. The van der Waals surface area contributed by atoms with Gasteiger partial charge < -0.3 is 14.3 Å². The first-order chi connectivity index (χ1) is 11.0. The number of amides is 2. The molecule has 8 heteroatoms. The molecule has 0 aliphatic rings. The number of hydrazine groups is 1. The quantitative estimate of drug-likeness (QED) is 0.547. The number of nitrogens with one attached hydrogen (secondary N) is 2. The van der Waals surface area contributed by atoms with Crippen molar-refractivity contribution in [3.63, 3.8) is 0 Å². The number of furan rings is 1. The smallest absolute Gasteiger partial charge is 0.310 e. The van der Waals surface area contributed by atoms with E-state index in [2.05, 4.69) is 10.9 Å². The van der Waals surface area contributed by atoms with E-state index in [9.17, 15) is 14.4 Å². The van der Waals surface area contributed by atoms with Gasteiger partial charge in [-0.3, -0.25) is 25.2 Å². The van der Waals surface area contributed by atoms with Crippen LogP contribution in [0.5, 0.6) is 5.75 Å². The summed E-state index contributed by atoms with van der Waals surface area (Å²) in [7, 11) is 0. The first kappa shape index (κ1) is 16.1. The first-order valence-electron chi connectivity index (χ1n) is 6.61. The Morgan fingerprint density at radius 2 is 1.83 bits per heavy atom. The number of benzene rings is 1. The summed E-state index contributed by atoms with van der Waals surface area (Å²) in [6.07, 6.45) is 1.29. The van der Waals surface area contributed by atoms with Crippen molar-refractivity contribution in [3.8, 4) is 5.75 Å². The Kier molecular flexibility index (Phi) is 5.35. The summed E-state index contributed by atoms with van der Waals surface area (Å²) >= 11 is 0. The minimum absolute atomic E-state index is 0.0354. The molecular formula is C15H14N2O6. The lowest BCUT2D eigenvalue weighted by Gasteiger charge is -2.07. The number of ether oxygens (including phenoxy) is 1. The van der Waals surface area contributed by atoms with Crippen molar-refractivity contribution in [1.29, 1.82) is 0 Å². The number of rotatable bonds is 5. The second-order valence-corrected chi connectivity index (χ2v) is 4.48. The van der Waals surface area contributed by atoms with Gasteiger partial charge in [-0.25, -0.2) is 0 Å². The molecule has 23 heavy (non-hydrogen) atoms. The highest BCUT2D eigenvalue weighted by Gasteiger charge is 2.11. The standard InChI is InChI=1S/C15H14N2O6/c18-11-5-3-10(4-6-11)8-14(20)23-9-13(19)16-17-15(21)12-2-1-7-22-12/h1-7,18H,8-9H2,(H,16,19)(H,17,21). The second kappa shape index (κ2) is 7.64. The van der Waals surface area contributed by atoms with Gasteiger partial charge in [0, 0.05) is 0 Å². The van der Waals surface area contributed by atoms with Gasteiger partial charge in [0.05, 0.1) is 12.7 Å². The van der Waals surface area contributed by atoms with Crippen molar-refractivity contribution in [1.82, 2.24) is 10.9 Å². The predicted molar refractivity (Wildman–Crippen MR) is 77.1 cm³/mol. The summed E-state index contributed by atoms with van der Waals surface area (Å²) in [5.74, 6) is -1.80. The number of phenolic OH excluding ortho intramolecular Hbond substituents is 1. The maximum absolute atomic E-state index is 11.6. The zero-order valence-corrected chi connectivity index (χ0v) is 11.9. The summed E-state index contributed by atoms with van der Waals surface area (Å²) in [6.45, 7) is -0.532. The van der Waals surface area contributed by atoms with Gasteiger partial charge in [0.2, 0.25) is 0 Å². The fourth-order valence-corrected chi connectivity index (χ4v) is 1.61. The summed E-state index contributed by atoms with van der Waals surface area (Å²) in [5, 5.41) is 9.13. The van der Waals surface area contributed by atoms with E-state index in [1.165, 1.54) is 30.5 Å². The maximum Gasteiger partial charge on any atom is 0.310 e. The molecule has 120 valence electrons. The molecule has 0 saturated heterocycles. The number of carbonyl (C=O) groups is 3. The third-order valence-corrected chi connectivity index (χ3v) is 2.71. The highest BCUT2D eigenvalue weighted by Crippen LogP contribution is 2.10. The van der Waals surface area contributed by atoms with E-state index >= 15 is 0 Å². The van der Waals surface area contributed by atoms with Crippen molar-refractivity contribution in [2.75, 3.05) is 6.61 Å². The van der Waals surface area contributed by atoms with E-state index in [1.807, 2.05) is 0 Å². The zero-order chi connectivity index (χ0) is 16.7. The molecule has 1 aromatic carbocycles. The molecule has 0 aliphatic carbocycles. The van der Waals surface area contributed by atoms with E-state index in [4.69, 9.17) is 14.3 Å². The Morgan fingerprint density at radius 1 is 1.09 bits per heavy atom. The topological polar surface area (TPSA) is 118 Å². The van der Waals surface area contributed by atoms with Crippen LogP contribution in [0, 0.1) is 0 Å². The monoisotopic (exact) mass is 318 g/mol. The van der Waals surface area contributed by atoms with Crippen LogP contribution in [-0.4, -0.2) is 29.5 Å². The van der Waals surface area contributed by atoms with Gasteiger partial charge in [0.15, 0.2) is 12.4 Å². The van der Waals surface area contributed by atoms with Gasteiger partial charge in [-0.1, -0.05) is 12.1 Å². The molecular weight excluding hydrogens is 304 g/mol. The number of phenols is 1. The summed E-state index contributed by atoms with van der Waals surface area (Å²) in [5.41, 5.74) is 4.84. The third kappa shape index (κ3) is 5.20. The van der Waals surface area contributed by atoms with E-state index in [1.54, 1.807) is 12.1 Å². The van der Waals surface area contributed by atoms with E-state index in [0.717, 1.165) is 0 Å². The molecule has 1 heterocycles.